The fraction of sp³-hybridized carbons (Fsp3) is 0.500. The summed E-state index contributed by atoms with van der Waals surface area (Å²) in [6, 6.07) is 18.0. The molecule has 0 radical (unpaired) electrons. The number of aryl methyl sites for hydroxylation is 1. The number of hydrogen-bond donors (Lipinski definition) is 0. The van der Waals surface area contributed by atoms with Gasteiger partial charge in [0.05, 0.1) is 6.61 Å². The molecule has 0 amide bonds. The summed E-state index contributed by atoms with van der Waals surface area (Å²) in [5.74, 6) is 1.88. The molecular weight excluding hydrogens is 352 g/mol. The number of allylic oxidation sites excluding steroid dienone is 1. The molecule has 1 nitrogen and oxygen atoms in total. The molecule has 0 atom stereocenters. The van der Waals surface area contributed by atoms with Crippen LogP contribution in [0.5, 0.6) is 0 Å². The summed E-state index contributed by atoms with van der Waals surface area (Å²) in [7, 11) is 0. The van der Waals surface area contributed by atoms with Crippen molar-refractivity contribution in [3.8, 4) is 11.1 Å². The zero-order valence-electron chi connectivity index (χ0n) is 18.2. The lowest BCUT2D eigenvalue weighted by Gasteiger charge is -2.28. The van der Waals surface area contributed by atoms with E-state index < -0.39 is 0 Å². The highest BCUT2D eigenvalue weighted by Crippen LogP contribution is 2.34. The normalized spacial score (nSPS) is 19.2. The van der Waals surface area contributed by atoms with E-state index in [1.54, 1.807) is 0 Å². The quantitative estimate of drug-likeness (QED) is 0.279. The lowest BCUT2D eigenvalue weighted by Crippen LogP contribution is -2.15. The minimum atomic E-state index is 0.712. The molecule has 0 saturated heterocycles. The number of rotatable bonds is 11. The molecule has 0 heterocycles. The molecule has 1 heteroatoms. The Kier molecular flexibility index (Phi) is 9.02. The summed E-state index contributed by atoms with van der Waals surface area (Å²) < 4.78 is 5.63. The van der Waals surface area contributed by atoms with Crippen molar-refractivity contribution in [2.24, 2.45) is 11.8 Å². The predicted octanol–water partition coefficient (Wildman–Crippen LogP) is 7.99. The third kappa shape index (κ3) is 7.16. The van der Waals surface area contributed by atoms with Gasteiger partial charge >= 0.3 is 0 Å². The van der Waals surface area contributed by atoms with Gasteiger partial charge in [0, 0.05) is 6.61 Å². The molecule has 0 unspecified atom stereocenters. The van der Waals surface area contributed by atoms with Gasteiger partial charge in [-0.3, -0.25) is 0 Å². The zero-order valence-corrected chi connectivity index (χ0v) is 18.2. The molecule has 0 aromatic heterocycles. The van der Waals surface area contributed by atoms with Gasteiger partial charge in [-0.15, -0.1) is 6.58 Å². The largest absolute Gasteiger partial charge is 0.377 e. The van der Waals surface area contributed by atoms with Crippen molar-refractivity contribution in [1.29, 1.82) is 0 Å². The van der Waals surface area contributed by atoms with Crippen LogP contribution in [0.25, 0.3) is 11.1 Å². The SMILES string of the molecule is C=CCCC1CCC(CCc2ccc(-c3ccc(COCCC)cc3)cc2)CC1. The highest BCUT2D eigenvalue weighted by molar-refractivity contribution is 5.63. The van der Waals surface area contributed by atoms with Crippen LogP contribution in [0.4, 0.5) is 0 Å². The first-order valence-electron chi connectivity index (χ1n) is 11.7. The first-order chi connectivity index (χ1) is 14.3. The highest BCUT2D eigenvalue weighted by atomic mass is 16.5. The smallest absolute Gasteiger partial charge is 0.0716 e. The van der Waals surface area contributed by atoms with Crippen LogP contribution in [0.3, 0.4) is 0 Å². The predicted molar refractivity (Wildman–Crippen MR) is 125 cm³/mol. The van der Waals surface area contributed by atoms with Crippen molar-refractivity contribution in [3.05, 3.63) is 72.3 Å². The van der Waals surface area contributed by atoms with Crippen LogP contribution in [0.1, 0.15) is 69.4 Å². The van der Waals surface area contributed by atoms with Gasteiger partial charge in [0.1, 0.15) is 0 Å². The van der Waals surface area contributed by atoms with E-state index in [0.717, 1.165) is 24.9 Å². The van der Waals surface area contributed by atoms with Crippen molar-refractivity contribution >= 4 is 0 Å². The van der Waals surface area contributed by atoms with E-state index >= 15 is 0 Å². The maximum atomic E-state index is 5.63. The van der Waals surface area contributed by atoms with Crippen LogP contribution in [0, 0.1) is 11.8 Å². The van der Waals surface area contributed by atoms with Crippen LogP contribution in [-0.4, -0.2) is 6.61 Å². The van der Waals surface area contributed by atoms with Gasteiger partial charge in [0.15, 0.2) is 0 Å². The molecule has 1 aliphatic rings. The fourth-order valence-corrected chi connectivity index (χ4v) is 4.52. The van der Waals surface area contributed by atoms with Gasteiger partial charge in [0.2, 0.25) is 0 Å². The Morgan fingerprint density at radius 2 is 1.38 bits per heavy atom. The summed E-state index contributed by atoms with van der Waals surface area (Å²) in [6.07, 6.45) is 14.0. The van der Waals surface area contributed by atoms with E-state index in [2.05, 4.69) is 68.1 Å². The van der Waals surface area contributed by atoms with E-state index in [4.69, 9.17) is 4.74 Å². The van der Waals surface area contributed by atoms with Crippen LogP contribution in [-0.2, 0) is 17.8 Å². The van der Waals surface area contributed by atoms with Gasteiger partial charge in [-0.25, -0.2) is 0 Å². The molecule has 3 rings (SSSR count). The second kappa shape index (κ2) is 12.0. The second-order valence-corrected chi connectivity index (χ2v) is 8.74. The highest BCUT2D eigenvalue weighted by Gasteiger charge is 2.20. The minimum absolute atomic E-state index is 0.712. The summed E-state index contributed by atoms with van der Waals surface area (Å²) in [6.45, 7) is 7.55. The molecule has 29 heavy (non-hydrogen) atoms. The van der Waals surface area contributed by atoms with Crippen LogP contribution in [0.15, 0.2) is 61.2 Å². The third-order valence-electron chi connectivity index (χ3n) is 6.45. The monoisotopic (exact) mass is 390 g/mol. The first kappa shape index (κ1) is 21.8. The van der Waals surface area contributed by atoms with Crippen LogP contribution in [0.2, 0.25) is 0 Å². The Hall–Kier alpha value is -1.86. The number of hydrogen-bond acceptors (Lipinski definition) is 1. The third-order valence-corrected chi connectivity index (χ3v) is 6.45. The molecule has 1 saturated carbocycles. The van der Waals surface area contributed by atoms with E-state index in [-0.39, 0.29) is 0 Å². The molecule has 156 valence electrons. The standard InChI is InChI=1S/C28H38O/c1-3-5-6-23-7-9-24(10-8-23)11-12-25-13-17-27(18-14-25)28-19-15-26(16-20-28)22-29-21-4-2/h3,13-20,23-24H,1,4-12,21-22H2,2H3. The van der Waals surface area contributed by atoms with E-state index in [0.29, 0.717) is 6.61 Å². The van der Waals surface area contributed by atoms with Crippen LogP contribution >= 0.6 is 0 Å². The van der Waals surface area contributed by atoms with E-state index in [1.165, 1.54) is 73.6 Å². The molecule has 1 fully saturated rings. The molecule has 2 aromatic rings. The van der Waals surface area contributed by atoms with E-state index in [9.17, 15) is 0 Å². The van der Waals surface area contributed by atoms with Gasteiger partial charge in [-0.1, -0.05) is 87.2 Å². The summed E-state index contributed by atoms with van der Waals surface area (Å²) in [4.78, 5) is 0. The molecular formula is C28H38O. The van der Waals surface area contributed by atoms with Crippen molar-refractivity contribution in [1.82, 2.24) is 0 Å². The van der Waals surface area contributed by atoms with E-state index in [1.807, 2.05) is 0 Å². The Bertz CT molecular complexity index is 705. The molecule has 1 aliphatic carbocycles. The second-order valence-electron chi connectivity index (χ2n) is 8.74. The van der Waals surface area contributed by atoms with Crippen molar-refractivity contribution < 1.29 is 4.74 Å². The molecule has 0 N–H and O–H groups in total. The average Bonchev–Trinajstić information content (AvgIpc) is 2.78. The molecule has 2 aromatic carbocycles. The summed E-state index contributed by atoms with van der Waals surface area (Å²) in [5.41, 5.74) is 5.32. The van der Waals surface area contributed by atoms with Crippen molar-refractivity contribution in [2.45, 2.75) is 71.3 Å². The zero-order chi connectivity index (χ0) is 20.3. The Labute approximate surface area is 178 Å². The Morgan fingerprint density at radius 3 is 1.93 bits per heavy atom. The van der Waals surface area contributed by atoms with Crippen molar-refractivity contribution in [2.75, 3.05) is 6.61 Å². The Balaban J connectivity index is 1.44. The molecule has 0 aliphatic heterocycles. The number of ether oxygens (including phenoxy) is 1. The summed E-state index contributed by atoms with van der Waals surface area (Å²) >= 11 is 0. The van der Waals surface area contributed by atoms with Gasteiger partial charge in [-0.05, 0) is 66.2 Å². The summed E-state index contributed by atoms with van der Waals surface area (Å²) in [5, 5.41) is 0. The van der Waals surface area contributed by atoms with Crippen molar-refractivity contribution in [3.63, 3.8) is 0 Å². The topological polar surface area (TPSA) is 9.23 Å². The maximum absolute atomic E-state index is 5.63. The first-order valence-corrected chi connectivity index (χ1v) is 11.7. The molecule has 0 spiro atoms. The Morgan fingerprint density at radius 1 is 0.828 bits per heavy atom. The van der Waals surface area contributed by atoms with Gasteiger partial charge in [-0.2, -0.15) is 0 Å². The maximum Gasteiger partial charge on any atom is 0.0716 e. The van der Waals surface area contributed by atoms with Gasteiger partial charge in [0.25, 0.3) is 0 Å². The lowest BCUT2D eigenvalue weighted by atomic mass is 9.78. The fourth-order valence-electron chi connectivity index (χ4n) is 4.52. The lowest BCUT2D eigenvalue weighted by molar-refractivity contribution is 0.121. The number of benzene rings is 2. The van der Waals surface area contributed by atoms with Gasteiger partial charge < -0.3 is 4.74 Å². The van der Waals surface area contributed by atoms with Crippen LogP contribution < -0.4 is 0 Å². The minimum Gasteiger partial charge on any atom is -0.377 e. The average molecular weight is 391 g/mol. The molecule has 0 bridgehead atoms.